The molecule has 29 heavy (non-hydrogen) atoms. The zero-order valence-corrected chi connectivity index (χ0v) is 18.2. The summed E-state index contributed by atoms with van der Waals surface area (Å²) in [7, 11) is 3.65. The van der Waals surface area contributed by atoms with E-state index in [1.165, 1.54) is 5.56 Å². The number of halogens is 1. The average Bonchev–Trinajstić information content (AvgIpc) is 2.67. The molecule has 0 fully saturated rings. The summed E-state index contributed by atoms with van der Waals surface area (Å²) >= 11 is 6.49. The van der Waals surface area contributed by atoms with Crippen LogP contribution in [-0.4, -0.2) is 31.9 Å². The van der Waals surface area contributed by atoms with Gasteiger partial charge in [0.25, 0.3) is 0 Å². The van der Waals surface area contributed by atoms with E-state index in [-0.39, 0.29) is 5.54 Å². The highest BCUT2D eigenvalue weighted by Crippen LogP contribution is 2.44. The van der Waals surface area contributed by atoms with E-state index in [1.54, 1.807) is 25.5 Å². The van der Waals surface area contributed by atoms with E-state index in [0.29, 0.717) is 22.4 Å². The Kier molecular flexibility index (Phi) is 6.03. The number of methoxy groups -OCH3 is 1. The van der Waals surface area contributed by atoms with Crippen molar-refractivity contribution in [1.82, 2.24) is 5.43 Å². The van der Waals surface area contributed by atoms with Crippen LogP contribution in [0, 0.1) is 0 Å². The third kappa shape index (κ3) is 4.48. The number of nitrogens with one attached hydrogen (secondary N) is 2. The first-order chi connectivity index (χ1) is 13.7. The van der Waals surface area contributed by atoms with Crippen molar-refractivity contribution in [2.45, 2.75) is 38.6 Å². The maximum Gasteiger partial charge on any atom is 0.339 e. The van der Waals surface area contributed by atoms with Gasteiger partial charge < -0.3 is 15.0 Å². The first-order valence-electron chi connectivity index (χ1n) is 9.53. The second kappa shape index (κ2) is 8.33. The van der Waals surface area contributed by atoms with Gasteiger partial charge in [0.2, 0.25) is 0 Å². The van der Waals surface area contributed by atoms with E-state index in [4.69, 9.17) is 16.3 Å². The Labute approximate surface area is 176 Å². The van der Waals surface area contributed by atoms with Crippen molar-refractivity contribution in [2.24, 2.45) is 5.10 Å². The van der Waals surface area contributed by atoms with Crippen LogP contribution in [0.15, 0.2) is 41.5 Å². The van der Waals surface area contributed by atoms with E-state index in [1.807, 2.05) is 18.2 Å². The molecule has 1 aliphatic heterocycles. The highest BCUT2D eigenvalue weighted by molar-refractivity contribution is 6.33. The number of fused-ring (bicyclic) bond motifs is 1. The monoisotopic (exact) mass is 414 g/mol. The number of carbonyl (C=O) groups excluding carboxylic acids is 1. The largest absolute Gasteiger partial charge is 0.495 e. The lowest BCUT2D eigenvalue weighted by Crippen LogP contribution is -2.45. The van der Waals surface area contributed by atoms with Crippen molar-refractivity contribution in [1.29, 1.82) is 0 Å². The molecule has 0 saturated heterocycles. The second-order valence-corrected chi connectivity index (χ2v) is 8.34. The summed E-state index contributed by atoms with van der Waals surface area (Å²) in [5, 5.41) is 7.35. The first-order valence-corrected chi connectivity index (χ1v) is 9.91. The normalized spacial score (nSPS) is 17.7. The lowest BCUT2D eigenvalue weighted by Gasteiger charge is -2.45. The highest BCUT2D eigenvalue weighted by atomic mass is 35.5. The molecule has 0 aliphatic carbocycles. The van der Waals surface area contributed by atoms with E-state index < -0.39 is 6.03 Å². The van der Waals surface area contributed by atoms with Gasteiger partial charge in [-0.2, -0.15) is 5.10 Å². The smallest absolute Gasteiger partial charge is 0.339 e. The summed E-state index contributed by atoms with van der Waals surface area (Å²) in [6.07, 6.45) is 2.62. The average molecular weight is 415 g/mol. The third-order valence-corrected chi connectivity index (χ3v) is 5.80. The maximum absolute atomic E-state index is 12.1. The molecule has 2 aromatic rings. The van der Waals surface area contributed by atoms with Crippen LogP contribution in [0.1, 0.15) is 44.2 Å². The van der Waals surface area contributed by atoms with E-state index in [0.717, 1.165) is 17.7 Å². The zero-order chi connectivity index (χ0) is 21.2. The highest BCUT2D eigenvalue weighted by Gasteiger charge is 2.34. The molecule has 0 saturated carbocycles. The Bertz CT molecular complexity index is 942. The van der Waals surface area contributed by atoms with Gasteiger partial charge in [0.05, 0.1) is 24.0 Å². The molecule has 2 aromatic carbocycles. The molecule has 0 radical (unpaired) electrons. The number of urea groups is 1. The number of ether oxygens (including phenoxy) is 1. The Morgan fingerprint density at radius 1 is 1.34 bits per heavy atom. The SMILES string of the molecule is COc1ccccc1NC(=O)N/N=C\c1cc2c(cc1Cl)N(C)C(C)(C)CC2C. The summed E-state index contributed by atoms with van der Waals surface area (Å²) in [6, 6.07) is 10.7. The van der Waals surface area contributed by atoms with Crippen molar-refractivity contribution in [3.05, 3.63) is 52.5 Å². The Hall–Kier alpha value is -2.73. The number of amides is 2. The van der Waals surface area contributed by atoms with Gasteiger partial charge in [-0.05, 0) is 56.0 Å². The van der Waals surface area contributed by atoms with Crippen LogP contribution < -0.4 is 20.4 Å². The number of rotatable bonds is 4. The number of hydrogen-bond acceptors (Lipinski definition) is 4. The van der Waals surface area contributed by atoms with Crippen LogP contribution in [0.5, 0.6) is 5.75 Å². The number of para-hydroxylation sites is 2. The van der Waals surface area contributed by atoms with Crippen molar-refractivity contribution in [3.63, 3.8) is 0 Å². The van der Waals surface area contributed by atoms with Gasteiger partial charge in [-0.25, -0.2) is 10.2 Å². The fraction of sp³-hybridized carbons (Fsp3) is 0.364. The van der Waals surface area contributed by atoms with E-state index in [9.17, 15) is 4.79 Å². The first kappa shape index (κ1) is 21.0. The molecule has 7 heteroatoms. The third-order valence-electron chi connectivity index (χ3n) is 5.48. The van der Waals surface area contributed by atoms with Gasteiger partial charge in [0.1, 0.15) is 5.75 Å². The lowest BCUT2D eigenvalue weighted by atomic mass is 9.80. The second-order valence-electron chi connectivity index (χ2n) is 7.93. The Morgan fingerprint density at radius 3 is 2.79 bits per heavy atom. The van der Waals surface area contributed by atoms with Crippen LogP contribution in [0.25, 0.3) is 0 Å². The molecule has 1 heterocycles. The minimum atomic E-state index is -0.463. The predicted octanol–water partition coefficient (Wildman–Crippen LogP) is 5.23. The minimum Gasteiger partial charge on any atom is -0.495 e. The van der Waals surface area contributed by atoms with Crippen LogP contribution >= 0.6 is 11.6 Å². The molecule has 1 unspecified atom stereocenters. The van der Waals surface area contributed by atoms with Crippen LogP contribution in [0.4, 0.5) is 16.2 Å². The van der Waals surface area contributed by atoms with E-state index in [2.05, 4.69) is 54.6 Å². The maximum atomic E-state index is 12.1. The van der Waals surface area contributed by atoms with Crippen LogP contribution in [0.3, 0.4) is 0 Å². The molecule has 1 aliphatic rings. The van der Waals surface area contributed by atoms with Crippen LogP contribution in [-0.2, 0) is 0 Å². The molecular weight excluding hydrogens is 388 g/mol. The molecular formula is C22H27ClN4O2. The molecule has 2 N–H and O–H groups in total. The molecule has 0 aromatic heterocycles. The minimum absolute atomic E-state index is 0.0729. The summed E-state index contributed by atoms with van der Waals surface area (Å²) < 4.78 is 5.22. The molecule has 0 spiro atoms. The molecule has 154 valence electrons. The predicted molar refractivity (Wildman–Crippen MR) is 120 cm³/mol. The number of nitrogens with zero attached hydrogens (tertiary/aromatic N) is 2. The zero-order valence-electron chi connectivity index (χ0n) is 17.4. The van der Waals surface area contributed by atoms with Crippen LogP contribution in [0.2, 0.25) is 5.02 Å². The number of hydrazone groups is 1. The van der Waals surface area contributed by atoms with Gasteiger partial charge >= 0.3 is 6.03 Å². The number of benzene rings is 2. The van der Waals surface area contributed by atoms with Gasteiger partial charge in [0.15, 0.2) is 0 Å². The molecule has 2 amide bonds. The molecule has 0 bridgehead atoms. The van der Waals surface area contributed by atoms with Gasteiger partial charge in [-0.1, -0.05) is 30.7 Å². The topological polar surface area (TPSA) is 66.0 Å². The molecule has 3 rings (SSSR count). The lowest BCUT2D eigenvalue weighted by molar-refractivity contribution is 0.252. The number of anilines is 2. The van der Waals surface area contributed by atoms with Crippen molar-refractivity contribution in [3.8, 4) is 5.75 Å². The quantitative estimate of drug-likeness (QED) is 0.532. The fourth-order valence-corrected chi connectivity index (χ4v) is 3.97. The molecule has 1 atom stereocenters. The summed E-state index contributed by atoms with van der Waals surface area (Å²) in [5.74, 6) is 0.979. The Balaban J connectivity index is 1.73. The standard InChI is InChI=1S/C22H27ClN4O2/c1-14-12-22(2,3)27(4)19-11-17(23)15(10-16(14)19)13-24-26-21(28)25-18-8-6-7-9-20(18)29-5/h6-11,13-14H,12H2,1-5H3,(H2,25,26,28)/b24-13-. The molecule has 6 nitrogen and oxygen atoms in total. The van der Waals surface area contributed by atoms with E-state index >= 15 is 0 Å². The van der Waals surface area contributed by atoms with Crippen molar-refractivity contribution >= 4 is 35.2 Å². The summed E-state index contributed by atoms with van der Waals surface area (Å²) in [4.78, 5) is 14.4. The van der Waals surface area contributed by atoms with Gasteiger partial charge in [-0.3, -0.25) is 0 Å². The summed E-state index contributed by atoms with van der Waals surface area (Å²) in [5.41, 5.74) is 6.24. The number of hydrogen-bond donors (Lipinski definition) is 2. The van der Waals surface area contributed by atoms with Crippen molar-refractivity contribution < 1.29 is 9.53 Å². The van der Waals surface area contributed by atoms with Gasteiger partial charge in [-0.15, -0.1) is 0 Å². The fourth-order valence-electron chi connectivity index (χ4n) is 3.76. The Morgan fingerprint density at radius 2 is 2.07 bits per heavy atom. The van der Waals surface area contributed by atoms with Gasteiger partial charge in [0, 0.05) is 23.8 Å². The summed E-state index contributed by atoms with van der Waals surface area (Å²) in [6.45, 7) is 6.70. The van der Waals surface area contributed by atoms with Crippen molar-refractivity contribution in [2.75, 3.05) is 24.4 Å². The number of carbonyl (C=O) groups is 1.